The number of carbonyl (C=O) groups is 1. The summed E-state index contributed by atoms with van der Waals surface area (Å²) in [6.45, 7) is 1.75. The molecule has 2 aromatic rings. The summed E-state index contributed by atoms with van der Waals surface area (Å²) in [7, 11) is 0. The molecule has 0 fully saturated rings. The van der Waals surface area contributed by atoms with Gasteiger partial charge < -0.3 is 5.32 Å². The van der Waals surface area contributed by atoms with Gasteiger partial charge in [0, 0.05) is 6.20 Å². The Morgan fingerprint density at radius 3 is 2.72 bits per heavy atom. The minimum absolute atomic E-state index is 0.325. The smallest absolute Gasteiger partial charge is 0.259 e. The molecule has 18 heavy (non-hydrogen) atoms. The molecular weight excluding hydrogens is 238 g/mol. The molecule has 0 atom stereocenters. The van der Waals surface area contributed by atoms with Gasteiger partial charge >= 0.3 is 0 Å². The summed E-state index contributed by atoms with van der Waals surface area (Å²) in [6, 6.07) is 6.92. The van der Waals surface area contributed by atoms with Gasteiger partial charge in [0.1, 0.15) is 5.82 Å². The summed E-state index contributed by atoms with van der Waals surface area (Å²) in [5.74, 6) is -2.62. The summed E-state index contributed by atoms with van der Waals surface area (Å²) >= 11 is 0. The number of carbonyl (C=O) groups excluding carboxylic acids is 1. The van der Waals surface area contributed by atoms with Crippen LogP contribution in [0.1, 0.15) is 15.9 Å². The van der Waals surface area contributed by atoms with E-state index in [-0.39, 0.29) is 5.56 Å². The van der Waals surface area contributed by atoms with Crippen LogP contribution in [0.3, 0.4) is 0 Å². The van der Waals surface area contributed by atoms with Gasteiger partial charge in [-0.25, -0.2) is 13.8 Å². The molecule has 1 aromatic heterocycles. The third kappa shape index (κ3) is 2.34. The van der Waals surface area contributed by atoms with E-state index in [0.29, 0.717) is 5.82 Å². The number of anilines is 1. The van der Waals surface area contributed by atoms with Crippen LogP contribution >= 0.6 is 0 Å². The average Bonchev–Trinajstić information content (AvgIpc) is 2.35. The molecule has 0 aliphatic carbocycles. The average molecular weight is 248 g/mol. The van der Waals surface area contributed by atoms with Gasteiger partial charge in [0.05, 0.1) is 5.56 Å². The van der Waals surface area contributed by atoms with Crippen molar-refractivity contribution in [3.05, 3.63) is 59.3 Å². The fraction of sp³-hybridized carbons (Fsp3) is 0.0769. The Morgan fingerprint density at radius 1 is 1.22 bits per heavy atom. The first kappa shape index (κ1) is 12.2. The monoisotopic (exact) mass is 248 g/mol. The lowest BCUT2D eigenvalue weighted by molar-refractivity contribution is 0.102. The molecule has 0 bridgehead atoms. The molecule has 0 saturated carbocycles. The number of amides is 1. The van der Waals surface area contributed by atoms with E-state index in [1.165, 1.54) is 18.3 Å². The number of benzene rings is 1. The van der Waals surface area contributed by atoms with Crippen LogP contribution in [0.15, 0.2) is 36.5 Å². The maximum absolute atomic E-state index is 13.4. The van der Waals surface area contributed by atoms with Gasteiger partial charge in [-0.15, -0.1) is 0 Å². The Labute approximate surface area is 102 Å². The zero-order valence-corrected chi connectivity index (χ0v) is 9.58. The first-order valence-electron chi connectivity index (χ1n) is 5.26. The molecule has 92 valence electrons. The Balaban J connectivity index is 2.28. The lowest BCUT2D eigenvalue weighted by Gasteiger charge is -2.07. The predicted molar refractivity (Wildman–Crippen MR) is 63.3 cm³/mol. The van der Waals surface area contributed by atoms with E-state index < -0.39 is 17.5 Å². The van der Waals surface area contributed by atoms with Crippen LogP contribution in [0.25, 0.3) is 0 Å². The Morgan fingerprint density at radius 2 is 2.00 bits per heavy atom. The summed E-state index contributed by atoms with van der Waals surface area (Å²) in [5, 5.41) is 2.44. The first-order valence-corrected chi connectivity index (χ1v) is 5.26. The second kappa shape index (κ2) is 4.91. The molecule has 2 rings (SSSR count). The van der Waals surface area contributed by atoms with Crippen LogP contribution in [-0.4, -0.2) is 10.9 Å². The minimum atomic E-state index is -1.16. The first-order chi connectivity index (χ1) is 8.59. The minimum Gasteiger partial charge on any atom is -0.306 e. The number of aryl methyl sites for hydroxylation is 1. The summed E-state index contributed by atoms with van der Waals surface area (Å²) < 4.78 is 26.4. The van der Waals surface area contributed by atoms with Crippen LogP contribution in [0.4, 0.5) is 14.6 Å². The molecule has 1 aromatic carbocycles. The maximum atomic E-state index is 13.4. The molecule has 0 spiro atoms. The molecule has 1 heterocycles. The van der Waals surface area contributed by atoms with E-state index >= 15 is 0 Å². The fourth-order valence-electron chi connectivity index (χ4n) is 1.47. The lowest BCUT2D eigenvalue weighted by atomic mass is 10.2. The molecule has 0 saturated heterocycles. The third-order valence-corrected chi connectivity index (χ3v) is 2.44. The molecule has 0 aliphatic rings. The molecule has 0 unspecified atom stereocenters. The van der Waals surface area contributed by atoms with Crippen LogP contribution < -0.4 is 5.32 Å². The number of halogens is 2. The zero-order chi connectivity index (χ0) is 13.1. The molecule has 1 amide bonds. The van der Waals surface area contributed by atoms with Crippen molar-refractivity contribution < 1.29 is 13.6 Å². The van der Waals surface area contributed by atoms with Crippen molar-refractivity contribution in [3.63, 3.8) is 0 Å². The number of nitrogens with zero attached hydrogens (tertiary/aromatic N) is 1. The van der Waals surface area contributed by atoms with Gasteiger partial charge in [0.15, 0.2) is 11.6 Å². The highest BCUT2D eigenvalue weighted by atomic mass is 19.2. The van der Waals surface area contributed by atoms with Gasteiger partial charge in [-0.1, -0.05) is 12.1 Å². The molecule has 3 nitrogen and oxygen atoms in total. The van der Waals surface area contributed by atoms with Crippen molar-refractivity contribution in [1.82, 2.24) is 4.98 Å². The Hall–Kier alpha value is -2.30. The quantitative estimate of drug-likeness (QED) is 0.887. The van der Waals surface area contributed by atoms with Crippen LogP contribution in [0, 0.1) is 18.6 Å². The van der Waals surface area contributed by atoms with Crippen LogP contribution in [0.5, 0.6) is 0 Å². The van der Waals surface area contributed by atoms with E-state index in [1.54, 1.807) is 19.1 Å². The lowest BCUT2D eigenvalue weighted by Crippen LogP contribution is -2.16. The number of aromatic nitrogens is 1. The SMILES string of the molecule is Cc1cccnc1NC(=O)c1cccc(F)c1F. The summed E-state index contributed by atoms with van der Waals surface area (Å²) in [6.07, 6.45) is 1.50. The van der Waals surface area contributed by atoms with E-state index in [2.05, 4.69) is 10.3 Å². The maximum Gasteiger partial charge on any atom is 0.259 e. The standard InChI is InChI=1S/C13H10F2N2O/c1-8-4-3-7-16-12(8)17-13(18)9-5-2-6-10(14)11(9)15/h2-7H,1H3,(H,16,17,18). The predicted octanol–water partition coefficient (Wildman–Crippen LogP) is 2.92. The molecule has 0 aliphatic heterocycles. The van der Waals surface area contributed by atoms with Crippen molar-refractivity contribution in [2.24, 2.45) is 0 Å². The van der Waals surface area contributed by atoms with Crippen LogP contribution in [-0.2, 0) is 0 Å². The topological polar surface area (TPSA) is 42.0 Å². The number of hydrogen-bond donors (Lipinski definition) is 1. The Bertz CT molecular complexity index is 599. The zero-order valence-electron chi connectivity index (χ0n) is 9.58. The van der Waals surface area contributed by atoms with Gasteiger partial charge in [0.2, 0.25) is 0 Å². The number of hydrogen-bond acceptors (Lipinski definition) is 2. The second-order valence-electron chi connectivity index (χ2n) is 3.72. The van der Waals surface area contributed by atoms with Crippen molar-refractivity contribution >= 4 is 11.7 Å². The van der Waals surface area contributed by atoms with Gasteiger partial charge in [-0.3, -0.25) is 4.79 Å². The highest BCUT2D eigenvalue weighted by molar-refractivity contribution is 6.04. The molecular formula is C13H10F2N2O. The number of pyridine rings is 1. The van der Waals surface area contributed by atoms with E-state index in [0.717, 1.165) is 11.6 Å². The third-order valence-electron chi connectivity index (χ3n) is 2.44. The van der Waals surface area contributed by atoms with Gasteiger partial charge in [0.25, 0.3) is 5.91 Å². The van der Waals surface area contributed by atoms with E-state index in [1.807, 2.05) is 0 Å². The number of nitrogens with one attached hydrogen (secondary N) is 1. The van der Waals surface area contributed by atoms with Crippen molar-refractivity contribution in [2.75, 3.05) is 5.32 Å². The van der Waals surface area contributed by atoms with Crippen molar-refractivity contribution in [2.45, 2.75) is 6.92 Å². The molecule has 1 N–H and O–H groups in total. The van der Waals surface area contributed by atoms with Crippen LogP contribution in [0.2, 0.25) is 0 Å². The summed E-state index contributed by atoms with van der Waals surface area (Å²) in [4.78, 5) is 15.7. The second-order valence-corrected chi connectivity index (χ2v) is 3.72. The van der Waals surface area contributed by atoms with E-state index in [4.69, 9.17) is 0 Å². The van der Waals surface area contributed by atoms with Crippen molar-refractivity contribution in [3.8, 4) is 0 Å². The highest BCUT2D eigenvalue weighted by Gasteiger charge is 2.15. The van der Waals surface area contributed by atoms with E-state index in [9.17, 15) is 13.6 Å². The normalized spacial score (nSPS) is 10.2. The fourth-order valence-corrected chi connectivity index (χ4v) is 1.47. The molecule has 5 heteroatoms. The molecule has 0 radical (unpaired) electrons. The van der Waals surface area contributed by atoms with Gasteiger partial charge in [-0.2, -0.15) is 0 Å². The number of rotatable bonds is 2. The summed E-state index contributed by atoms with van der Waals surface area (Å²) in [5.41, 5.74) is 0.391. The largest absolute Gasteiger partial charge is 0.306 e. The van der Waals surface area contributed by atoms with Crippen molar-refractivity contribution in [1.29, 1.82) is 0 Å². The highest BCUT2D eigenvalue weighted by Crippen LogP contribution is 2.15. The Kier molecular flexibility index (Phi) is 3.32. The van der Waals surface area contributed by atoms with Gasteiger partial charge in [-0.05, 0) is 30.7 Å².